The molecule has 1 fully saturated rings. The molecule has 0 unspecified atom stereocenters. The predicted molar refractivity (Wildman–Crippen MR) is 139 cm³/mol. The third kappa shape index (κ3) is 8.83. The second-order valence-electron chi connectivity index (χ2n) is 8.86. The van der Waals surface area contributed by atoms with E-state index < -0.39 is 11.7 Å². The van der Waals surface area contributed by atoms with Crippen LogP contribution in [0.3, 0.4) is 0 Å². The first-order valence-corrected chi connectivity index (χ1v) is 12.2. The first-order valence-electron chi connectivity index (χ1n) is 12.2. The smallest absolute Gasteiger partial charge is 0.166 e. The zero-order valence-corrected chi connectivity index (χ0v) is 21.1. The summed E-state index contributed by atoms with van der Waals surface area (Å²) in [6, 6.07) is 6.55. The molecule has 0 radical (unpaired) electrons. The molecule has 0 atom stereocenters. The molecule has 0 bridgehead atoms. The van der Waals surface area contributed by atoms with E-state index in [1.54, 1.807) is 43.3 Å². The van der Waals surface area contributed by atoms with Crippen molar-refractivity contribution < 1.29 is 22.6 Å². The summed E-state index contributed by atoms with van der Waals surface area (Å²) < 4.78 is 54.8. The number of hydrogen-bond acceptors (Lipinski definition) is 2. The zero-order valence-electron chi connectivity index (χ0n) is 21.1. The van der Waals surface area contributed by atoms with Crippen LogP contribution < -0.4 is 0 Å². The van der Waals surface area contributed by atoms with Crippen LogP contribution in [0.15, 0.2) is 84.8 Å². The molecule has 0 saturated carbocycles. The highest BCUT2D eigenvalue weighted by Gasteiger charge is 2.18. The first-order chi connectivity index (χ1) is 16.8. The monoisotopic (exact) mass is 486 g/mol. The number of allylic oxidation sites excluding steroid dienone is 10. The molecule has 1 aromatic rings. The topological polar surface area (TPSA) is 18.5 Å². The maximum atomic E-state index is 15.0. The quantitative estimate of drug-likeness (QED) is 0.217. The van der Waals surface area contributed by atoms with E-state index >= 15 is 0 Å². The van der Waals surface area contributed by atoms with E-state index in [2.05, 4.69) is 20.1 Å². The van der Waals surface area contributed by atoms with Crippen molar-refractivity contribution in [3.05, 3.63) is 95.9 Å². The molecule has 1 aromatic carbocycles. The molecule has 0 amide bonds. The van der Waals surface area contributed by atoms with Crippen molar-refractivity contribution in [1.82, 2.24) is 0 Å². The van der Waals surface area contributed by atoms with Crippen molar-refractivity contribution in [2.45, 2.75) is 59.2 Å². The van der Waals surface area contributed by atoms with Crippen LogP contribution in [0.4, 0.5) is 13.2 Å². The Bertz CT molecular complexity index is 975. The van der Waals surface area contributed by atoms with Crippen molar-refractivity contribution in [3.8, 4) is 0 Å². The molecule has 2 rings (SSSR count). The highest BCUT2D eigenvalue weighted by molar-refractivity contribution is 5.81. The molecule has 1 saturated heterocycles. The largest absolute Gasteiger partial charge is 0.352 e. The molecule has 2 nitrogen and oxygen atoms in total. The van der Waals surface area contributed by atoms with Crippen LogP contribution in [-0.4, -0.2) is 19.5 Å². The average molecular weight is 487 g/mol. The molecular formula is C30H37F3O2. The third-order valence-electron chi connectivity index (χ3n) is 5.92. The van der Waals surface area contributed by atoms with Crippen LogP contribution in [0.1, 0.15) is 64.0 Å². The molecule has 190 valence electrons. The van der Waals surface area contributed by atoms with Crippen LogP contribution in [0.5, 0.6) is 0 Å². The average Bonchev–Trinajstić information content (AvgIpc) is 2.88. The molecule has 0 aliphatic carbocycles. The fourth-order valence-electron chi connectivity index (χ4n) is 3.62. The second kappa shape index (κ2) is 14.7. The molecule has 1 heterocycles. The molecule has 35 heavy (non-hydrogen) atoms. The molecule has 1 aliphatic rings. The normalized spacial score (nSPS) is 20.5. The van der Waals surface area contributed by atoms with Gasteiger partial charge in [-0.2, -0.15) is 0 Å². The molecule has 0 aromatic heterocycles. The zero-order chi connectivity index (χ0) is 25.8. The van der Waals surface area contributed by atoms with Crippen molar-refractivity contribution in [1.29, 1.82) is 0 Å². The van der Waals surface area contributed by atoms with Gasteiger partial charge in [-0.15, -0.1) is 0 Å². The van der Waals surface area contributed by atoms with E-state index in [4.69, 9.17) is 9.47 Å². The van der Waals surface area contributed by atoms with Crippen LogP contribution in [-0.2, 0) is 9.47 Å². The number of benzene rings is 1. The second-order valence-corrected chi connectivity index (χ2v) is 8.86. The minimum absolute atomic E-state index is 0.0564. The van der Waals surface area contributed by atoms with Crippen molar-refractivity contribution in [2.24, 2.45) is 5.92 Å². The van der Waals surface area contributed by atoms with Gasteiger partial charge in [-0.1, -0.05) is 69.0 Å². The van der Waals surface area contributed by atoms with Gasteiger partial charge < -0.3 is 9.47 Å². The Morgan fingerprint density at radius 2 is 1.63 bits per heavy atom. The summed E-state index contributed by atoms with van der Waals surface area (Å²) in [6.45, 7) is 14.1. The minimum atomic E-state index is -1.00. The Kier molecular flexibility index (Phi) is 12.0. The lowest BCUT2D eigenvalue weighted by molar-refractivity contribution is -0.200. The summed E-state index contributed by atoms with van der Waals surface area (Å²) in [5.41, 5.74) is 1.58. The highest BCUT2D eigenvalue weighted by Crippen LogP contribution is 2.31. The molecule has 1 aliphatic heterocycles. The summed E-state index contributed by atoms with van der Waals surface area (Å²) in [5.74, 6) is -1.83. The minimum Gasteiger partial charge on any atom is -0.352 e. The van der Waals surface area contributed by atoms with Gasteiger partial charge in [-0.05, 0) is 62.3 Å². The lowest BCUT2D eigenvalue weighted by Gasteiger charge is -2.27. The van der Waals surface area contributed by atoms with Gasteiger partial charge in [-0.25, -0.2) is 13.2 Å². The SMILES string of the molecule is C=C/C=C(\C(F)=C/CCCCCC1OCC(C)CO1)c1ccc(C(=C)/C(F)=C(F)\C(C)=C/C)cc1. The van der Waals surface area contributed by atoms with E-state index in [0.29, 0.717) is 29.0 Å². The standard InChI is InChI=1S/C30H37F3O2/c1-6-12-26(27(31)13-10-8-9-11-14-28-34-19-21(3)20-35-28)25-17-15-24(16-18-25)23(5)30(33)29(32)22(4)7-2/h6-7,12-13,15-18,21,28H,1,5,8-11,14,19-20H2,2-4H3/b22-7-,26-12-,27-13+,30-29-. The van der Waals surface area contributed by atoms with Crippen molar-refractivity contribution in [3.63, 3.8) is 0 Å². The Morgan fingerprint density at radius 1 is 1.00 bits per heavy atom. The van der Waals surface area contributed by atoms with E-state index in [-0.39, 0.29) is 23.3 Å². The first kappa shape index (κ1) is 28.6. The Labute approximate surface area is 208 Å². The van der Waals surface area contributed by atoms with Crippen LogP contribution in [0, 0.1) is 5.92 Å². The summed E-state index contributed by atoms with van der Waals surface area (Å²) >= 11 is 0. The van der Waals surface area contributed by atoms with Crippen LogP contribution in [0.2, 0.25) is 0 Å². The van der Waals surface area contributed by atoms with Gasteiger partial charge >= 0.3 is 0 Å². The van der Waals surface area contributed by atoms with Gasteiger partial charge in [0.25, 0.3) is 0 Å². The molecule has 5 heteroatoms. The van der Waals surface area contributed by atoms with Gasteiger partial charge in [0.15, 0.2) is 17.9 Å². The van der Waals surface area contributed by atoms with E-state index in [0.717, 1.165) is 38.9 Å². The molecule has 0 N–H and O–H groups in total. The lowest BCUT2D eigenvalue weighted by Crippen LogP contribution is -2.30. The number of unbranched alkanes of at least 4 members (excludes halogenated alkanes) is 3. The van der Waals surface area contributed by atoms with Crippen molar-refractivity contribution in [2.75, 3.05) is 13.2 Å². The third-order valence-corrected chi connectivity index (χ3v) is 5.92. The number of halogens is 3. The van der Waals surface area contributed by atoms with Gasteiger partial charge in [-0.3, -0.25) is 0 Å². The number of hydrogen-bond donors (Lipinski definition) is 0. The molecular weight excluding hydrogens is 449 g/mol. The lowest BCUT2D eigenvalue weighted by atomic mass is 9.98. The summed E-state index contributed by atoms with van der Waals surface area (Å²) in [4.78, 5) is 0. The fourth-order valence-corrected chi connectivity index (χ4v) is 3.62. The van der Waals surface area contributed by atoms with E-state index in [1.165, 1.54) is 19.1 Å². The maximum Gasteiger partial charge on any atom is 0.166 e. The van der Waals surface area contributed by atoms with Gasteiger partial charge in [0.1, 0.15) is 5.83 Å². The van der Waals surface area contributed by atoms with Gasteiger partial charge in [0.05, 0.1) is 13.2 Å². The summed E-state index contributed by atoms with van der Waals surface area (Å²) in [5, 5.41) is 0. The van der Waals surface area contributed by atoms with Gasteiger partial charge in [0.2, 0.25) is 0 Å². The Balaban J connectivity index is 1.95. The van der Waals surface area contributed by atoms with Crippen LogP contribution >= 0.6 is 0 Å². The molecule has 0 spiro atoms. The van der Waals surface area contributed by atoms with Crippen molar-refractivity contribution >= 4 is 11.1 Å². The number of rotatable bonds is 12. The Morgan fingerprint density at radius 3 is 2.23 bits per heavy atom. The number of ether oxygens (including phenoxy) is 2. The summed E-state index contributed by atoms with van der Waals surface area (Å²) in [6.07, 6.45) is 10.3. The fraction of sp³-hybridized carbons (Fsp3) is 0.400. The van der Waals surface area contributed by atoms with E-state index in [1.807, 2.05) is 0 Å². The van der Waals surface area contributed by atoms with E-state index in [9.17, 15) is 13.2 Å². The maximum absolute atomic E-state index is 15.0. The van der Waals surface area contributed by atoms with Crippen LogP contribution in [0.25, 0.3) is 11.1 Å². The predicted octanol–water partition coefficient (Wildman–Crippen LogP) is 9.20. The highest BCUT2D eigenvalue weighted by atomic mass is 19.2. The Hall–Kier alpha value is -2.63. The summed E-state index contributed by atoms with van der Waals surface area (Å²) in [7, 11) is 0. The van der Waals surface area contributed by atoms with Gasteiger partial charge in [0, 0.05) is 17.1 Å².